The van der Waals surface area contributed by atoms with Crippen LogP contribution in [0.4, 0.5) is 0 Å². The largest absolute Gasteiger partial charge is 0.504 e. The minimum atomic E-state index is -1.83. The predicted octanol–water partition coefficient (Wildman–Crippen LogP) is -4.31. The highest BCUT2D eigenvalue weighted by Crippen LogP contribution is 2.33. The zero-order valence-corrected chi connectivity index (χ0v) is 18.1. The van der Waals surface area contributed by atoms with Gasteiger partial charge in [0, 0.05) is 19.1 Å². The number of aliphatic hydroxyl groups excluding tert-OH is 8. The number of amides is 1. The number of aliphatic hydroxyl groups is 8. The van der Waals surface area contributed by atoms with Crippen LogP contribution in [0.2, 0.25) is 0 Å². The van der Waals surface area contributed by atoms with E-state index in [1.54, 1.807) is 6.07 Å². The minimum Gasteiger partial charge on any atom is -0.504 e. The molecule has 1 aromatic rings. The summed E-state index contributed by atoms with van der Waals surface area (Å²) in [6.07, 6.45) is -13.6. The number of hydrogen-bond donors (Lipinski definition) is 10. The summed E-state index contributed by atoms with van der Waals surface area (Å²) < 4.78 is 10.5. The highest BCUT2D eigenvalue weighted by molar-refractivity contribution is 5.81. The number of carbonyl (C=O) groups is 1. The molecule has 10 unspecified atom stereocenters. The first-order valence-electron chi connectivity index (χ1n) is 10.8. The second-order valence-corrected chi connectivity index (χ2v) is 8.57. The van der Waals surface area contributed by atoms with Crippen LogP contribution in [0, 0.1) is 5.92 Å². The lowest BCUT2D eigenvalue weighted by Crippen LogP contribution is -2.61. The summed E-state index contributed by atoms with van der Waals surface area (Å²) in [5, 5.41) is 90.6. The van der Waals surface area contributed by atoms with Crippen molar-refractivity contribution in [2.45, 2.75) is 68.0 Å². The van der Waals surface area contributed by atoms with Gasteiger partial charge in [-0.15, -0.1) is 0 Å². The highest BCUT2D eigenvalue weighted by atomic mass is 16.6. The molecule has 0 spiro atoms. The molecule has 0 radical (unpaired) electrons. The van der Waals surface area contributed by atoms with Gasteiger partial charge in [0.25, 0.3) is 5.91 Å². The Hall–Kier alpha value is -2.07. The van der Waals surface area contributed by atoms with E-state index in [9.17, 15) is 50.8 Å². The van der Waals surface area contributed by atoms with E-state index in [1.807, 2.05) is 0 Å². The van der Waals surface area contributed by atoms with Gasteiger partial charge in [-0.25, -0.2) is 0 Å². The first-order valence-corrected chi connectivity index (χ1v) is 10.8. The summed E-state index contributed by atoms with van der Waals surface area (Å²) in [6.45, 7) is -0.369. The van der Waals surface area contributed by atoms with Crippen LogP contribution in [0.1, 0.15) is 12.0 Å². The highest BCUT2D eigenvalue weighted by Gasteiger charge is 2.46. The Morgan fingerprint density at radius 2 is 1.65 bits per heavy atom. The normalized spacial score (nSPS) is 38.4. The van der Waals surface area contributed by atoms with E-state index < -0.39 is 73.6 Å². The summed E-state index contributed by atoms with van der Waals surface area (Å²) in [5.74, 6) is -1.78. The number of rotatable bonds is 7. The fourth-order valence-electron chi connectivity index (χ4n) is 4.07. The molecule has 1 aliphatic carbocycles. The van der Waals surface area contributed by atoms with Gasteiger partial charge < -0.3 is 60.7 Å². The van der Waals surface area contributed by atoms with Crippen molar-refractivity contribution in [2.24, 2.45) is 5.92 Å². The summed E-state index contributed by atoms with van der Waals surface area (Å²) >= 11 is 0. The number of phenols is 1. The topological polar surface area (TPSA) is 230 Å². The molecule has 2 fully saturated rings. The summed E-state index contributed by atoms with van der Waals surface area (Å²) in [5.41, 5.74) is 0.582. The molecule has 1 aliphatic heterocycles. The number of phenolic OH excluding ortho intramolecular Hbond substituents is 1. The lowest BCUT2D eigenvalue weighted by molar-refractivity contribution is -0.275. The van der Waals surface area contributed by atoms with Gasteiger partial charge in [-0.05, 0) is 30.5 Å². The van der Waals surface area contributed by atoms with Gasteiger partial charge in [-0.3, -0.25) is 4.79 Å². The lowest BCUT2D eigenvalue weighted by atomic mass is 9.81. The van der Waals surface area contributed by atoms with E-state index >= 15 is 0 Å². The van der Waals surface area contributed by atoms with Gasteiger partial charge in [-0.2, -0.15) is 0 Å². The van der Waals surface area contributed by atoms with Crippen molar-refractivity contribution in [3.63, 3.8) is 0 Å². The van der Waals surface area contributed by atoms with Crippen molar-refractivity contribution in [1.29, 1.82) is 0 Å². The number of aromatic hydroxyl groups is 1. The Balaban J connectivity index is 1.54. The van der Waals surface area contributed by atoms with Gasteiger partial charge in [0.05, 0.1) is 6.10 Å². The monoisotopic (exact) mass is 489 g/mol. The maximum absolute atomic E-state index is 12.2. The first kappa shape index (κ1) is 26.5. The molecule has 1 saturated heterocycles. The molecular weight excluding hydrogens is 458 g/mol. The van der Waals surface area contributed by atoms with Gasteiger partial charge >= 0.3 is 0 Å². The Morgan fingerprint density at radius 1 is 0.971 bits per heavy atom. The van der Waals surface area contributed by atoms with Crippen molar-refractivity contribution in [1.82, 2.24) is 5.32 Å². The summed E-state index contributed by atoms with van der Waals surface area (Å²) in [7, 11) is 0. The molecule has 0 bridgehead atoms. The summed E-state index contributed by atoms with van der Waals surface area (Å²) in [4.78, 5) is 12.2. The van der Waals surface area contributed by atoms with E-state index in [0.29, 0.717) is 5.56 Å². The number of benzene rings is 1. The number of nitrogens with one attached hydrogen (secondary N) is 1. The first-order chi connectivity index (χ1) is 16.0. The molecule has 10 atom stereocenters. The van der Waals surface area contributed by atoms with Crippen molar-refractivity contribution < 1.29 is 60.2 Å². The third-order valence-corrected chi connectivity index (χ3v) is 6.19. The maximum atomic E-state index is 12.2. The van der Waals surface area contributed by atoms with E-state index in [1.165, 1.54) is 12.1 Å². The van der Waals surface area contributed by atoms with Crippen LogP contribution in [0.15, 0.2) is 18.2 Å². The zero-order valence-electron chi connectivity index (χ0n) is 18.1. The molecule has 2 aliphatic rings. The standard InChI is InChI=1S/C21H31NO12/c23-7-9-6-12(14(26)15(27)13(9)25)33-11-2-1-8(5-10(11)24)3-4-22-20(31)19-17(29)16(28)18(30)21(32)34-19/h1-2,5,9,12-19,21,23-30,32H,3-4,6-7H2,(H,22,31). The Morgan fingerprint density at radius 3 is 2.29 bits per heavy atom. The van der Waals surface area contributed by atoms with Crippen molar-refractivity contribution in [3.05, 3.63) is 23.8 Å². The molecule has 10 N–H and O–H groups in total. The fourth-order valence-corrected chi connectivity index (χ4v) is 4.07. The quantitative estimate of drug-likeness (QED) is 0.175. The van der Waals surface area contributed by atoms with Crippen LogP contribution < -0.4 is 10.1 Å². The molecule has 192 valence electrons. The van der Waals surface area contributed by atoms with Crippen molar-refractivity contribution in [2.75, 3.05) is 13.2 Å². The van der Waals surface area contributed by atoms with Crippen LogP contribution in [-0.2, 0) is 16.0 Å². The SMILES string of the molecule is O=C(NCCc1ccc(OC2CC(CO)C(O)C(O)C2O)c(O)c1)C1OC(O)C(O)C(O)C1O. The molecular formula is C21H31NO12. The molecule has 1 aromatic carbocycles. The fraction of sp³-hybridized carbons (Fsp3) is 0.667. The third kappa shape index (κ3) is 5.59. The number of carbonyl (C=O) groups excluding carboxylic acids is 1. The minimum absolute atomic E-state index is 0.0115. The van der Waals surface area contributed by atoms with E-state index in [-0.39, 0.29) is 30.9 Å². The van der Waals surface area contributed by atoms with Crippen LogP contribution in [0.25, 0.3) is 0 Å². The average molecular weight is 489 g/mol. The van der Waals surface area contributed by atoms with Gasteiger partial charge in [0.2, 0.25) is 0 Å². The molecule has 34 heavy (non-hydrogen) atoms. The van der Waals surface area contributed by atoms with E-state index in [0.717, 1.165) is 0 Å². The van der Waals surface area contributed by atoms with Crippen LogP contribution in [-0.4, -0.2) is 120 Å². The molecule has 1 saturated carbocycles. The van der Waals surface area contributed by atoms with Crippen molar-refractivity contribution in [3.8, 4) is 11.5 Å². The van der Waals surface area contributed by atoms with Crippen molar-refractivity contribution >= 4 is 5.91 Å². The van der Waals surface area contributed by atoms with E-state index in [2.05, 4.69) is 5.32 Å². The lowest BCUT2D eigenvalue weighted by Gasteiger charge is -2.39. The van der Waals surface area contributed by atoms with Crippen LogP contribution >= 0.6 is 0 Å². The number of ether oxygens (including phenoxy) is 2. The van der Waals surface area contributed by atoms with Crippen LogP contribution in [0.5, 0.6) is 11.5 Å². The molecule has 13 heteroatoms. The molecule has 13 nitrogen and oxygen atoms in total. The predicted molar refractivity (Wildman–Crippen MR) is 111 cm³/mol. The molecule has 1 heterocycles. The third-order valence-electron chi connectivity index (χ3n) is 6.19. The van der Waals surface area contributed by atoms with Gasteiger partial charge in [0.15, 0.2) is 23.9 Å². The van der Waals surface area contributed by atoms with Gasteiger partial charge in [0.1, 0.15) is 36.6 Å². The average Bonchev–Trinajstić information content (AvgIpc) is 2.81. The Labute approximate surface area is 194 Å². The van der Waals surface area contributed by atoms with Gasteiger partial charge in [-0.1, -0.05) is 6.07 Å². The molecule has 1 amide bonds. The second-order valence-electron chi connectivity index (χ2n) is 8.57. The Kier molecular flexibility index (Phi) is 8.67. The van der Waals surface area contributed by atoms with Crippen LogP contribution in [0.3, 0.4) is 0 Å². The molecule has 3 rings (SSSR count). The number of hydrogen-bond acceptors (Lipinski definition) is 12. The molecule has 0 aromatic heterocycles. The zero-order chi connectivity index (χ0) is 25.2. The second kappa shape index (κ2) is 11.1. The van der Waals surface area contributed by atoms with E-state index in [4.69, 9.17) is 9.47 Å². The smallest absolute Gasteiger partial charge is 0.252 e. The Bertz CT molecular complexity index is 838. The maximum Gasteiger partial charge on any atom is 0.252 e. The summed E-state index contributed by atoms with van der Waals surface area (Å²) in [6, 6.07) is 4.37.